The summed E-state index contributed by atoms with van der Waals surface area (Å²) in [7, 11) is 0. The summed E-state index contributed by atoms with van der Waals surface area (Å²) in [4.78, 5) is 4.31. The molecule has 2 heterocycles. The highest BCUT2D eigenvalue weighted by Gasteiger charge is 2.29. The van der Waals surface area contributed by atoms with E-state index in [2.05, 4.69) is 10.1 Å². The summed E-state index contributed by atoms with van der Waals surface area (Å²) < 4.78 is 23.8. The smallest absolute Gasteiger partial charge is 0.233 e. The standard InChI is InChI=1S/C13H13ClFN3O2/c14-9-5-7(1-2-10(9)15)12-17-13(20-18-12)8-6-19-4-3-11(8)16/h1-2,5,8,11H,3-4,6,16H2. The van der Waals surface area contributed by atoms with Crippen molar-refractivity contribution in [2.24, 2.45) is 5.73 Å². The van der Waals surface area contributed by atoms with Gasteiger partial charge in [-0.05, 0) is 24.6 Å². The predicted octanol–water partition coefficient (Wildman–Crippen LogP) is 2.36. The van der Waals surface area contributed by atoms with Crippen molar-refractivity contribution >= 4 is 11.6 Å². The van der Waals surface area contributed by atoms with Crippen molar-refractivity contribution < 1.29 is 13.7 Å². The molecule has 0 amide bonds. The molecule has 2 atom stereocenters. The van der Waals surface area contributed by atoms with Crippen molar-refractivity contribution in [3.05, 3.63) is 34.9 Å². The summed E-state index contributed by atoms with van der Waals surface area (Å²) in [6, 6.07) is 4.22. The van der Waals surface area contributed by atoms with E-state index in [-0.39, 0.29) is 17.0 Å². The fourth-order valence-corrected chi connectivity index (χ4v) is 2.33. The molecule has 2 aromatic rings. The summed E-state index contributed by atoms with van der Waals surface area (Å²) in [5, 5.41) is 3.91. The lowest BCUT2D eigenvalue weighted by molar-refractivity contribution is 0.0590. The summed E-state index contributed by atoms with van der Waals surface area (Å²) in [5.74, 6) is 0.204. The van der Waals surface area contributed by atoms with Crippen molar-refractivity contribution in [2.75, 3.05) is 13.2 Å². The van der Waals surface area contributed by atoms with Gasteiger partial charge in [-0.25, -0.2) is 4.39 Å². The molecule has 0 saturated carbocycles. The Morgan fingerprint density at radius 1 is 1.40 bits per heavy atom. The highest BCUT2D eigenvalue weighted by atomic mass is 35.5. The summed E-state index contributed by atoms with van der Waals surface area (Å²) in [5.41, 5.74) is 6.62. The number of hydrogen-bond acceptors (Lipinski definition) is 5. The van der Waals surface area contributed by atoms with Gasteiger partial charge in [-0.15, -0.1) is 0 Å². The number of nitrogens with two attached hydrogens (primary N) is 1. The second-order valence-corrected chi connectivity index (χ2v) is 5.13. The van der Waals surface area contributed by atoms with E-state index >= 15 is 0 Å². The van der Waals surface area contributed by atoms with Crippen LogP contribution >= 0.6 is 11.6 Å². The Labute approximate surface area is 119 Å². The number of rotatable bonds is 2. The summed E-state index contributed by atoms with van der Waals surface area (Å²) >= 11 is 5.74. The average molecular weight is 298 g/mol. The van der Waals surface area contributed by atoms with E-state index < -0.39 is 5.82 Å². The van der Waals surface area contributed by atoms with Crippen molar-refractivity contribution in [2.45, 2.75) is 18.4 Å². The van der Waals surface area contributed by atoms with Crippen LogP contribution in [0.3, 0.4) is 0 Å². The number of aromatic nitrogens is 2. The van der Waals surface area contributed by atoms with Crippen LogP contribution in [0.2, 0.25) is 5.02 Å². The van der Waals surface area contributed by atoms with E-state index in [1.807, 2.05) is 0 Å². The first kappa shape index (κ1) is 13.5. The van der Waals surface area contributed by atoms with Crippen LogP contribution in [-0.2, 0) is 4.74 Å². The minimum absolute atomic E-state index is 0.0200. The van der Waals surface area contributed by atoms with Gasteiger partial charge >= 0.3 is 0 Å². The number of benzene rings is 1. The zero-order valence-electron chi connectivity index (χ0n) is 10.6. The van der Waals surface area contributed by atoms with Crippen molar-refractivity contribution in [3.63, 3.8) is 0 Å². The van der Waals surface area contributed by atoms with Crippen LogP contribution in [0.15, 0.2) is 22.7 Å². The van der Waals surface area contributed by atoms with E-state index in [1.165, 1.54) is 12.1 Å². The molecule has 1 aliphatic rings. The van der Waals surface area contributed by atoms with Crippen molar-refractivity contribution in [1.29, 1.82) is 0 Å². The molecule has 20 heavy (non-hydrogen) atoms. The monoisotopic (exact) mass is 297 g/mol. The maximum absolute atomic E-state index is 13.1. The van der Waals surface area contributed by atoms with Crippen LogP contribution in [0.5, 0.6) is 0 Å². The van der Waals surface area contributed by atoms with Crippen molar-refractivity contribution in [1.82, 2.24) is 10.1 Å². The Balaban J connectivity index is 1.87. The van der Waals surface area contributed by atoms with Crippen LogP contribution in [0.25, 0.3) is 11.4 Å². The Morgan fingerprint density at radius 2 is 2.25 bits per heavy atom. The topological polar surface area (TPSA) is 74.2 Å². The van der Waals surface area contributed by atoms with Crippen LogP contribution < -0.4 is 5.73 Å². The fourth-order valence-electron chi connectivity index (χ4n) is 2.15. The normalized spacial score (nSPS) is 22.9. The quantitative estimate of drug-likeness (QED) is 0.921. The molecule has 1 fully saturated rings. The van der Waals surface area contributed by atoms with Gasteiger partial charge in [-0.3, -0.25) is 0 Å². The first-order chi connectivity index (χ1) is 9.65. The molecular weight excluding hydrogens is 285 g/mol. The minimum Gasteiger partial charge on any atom is -0.381 e. The van der Waals surface area contributed by atoms with E-state index in [4.69, 9.17) is 26.6 Å². The van der Waals surface area contributed by atoms with Gasteiger partial charge in [-0.2, -0.15) is 4.98 Å². The van der Waals surface area contributed by atoms with Gasteiger partial charge in [0, 0.05) is 18.2 Å². The van der Waals surface area contributed by atoms with Crippen LogP contribution in [-0.4, -0.2) is 29.4 Å². The van der Waals surface area contributed by atoms with E-state index in [9.17, 15) is 4.39 Å². The highest BCUT2D eigenvalue weighted by molar-refractivity contribution is 6.31. The molecule has 3 rings (SSSR count). The summed E-state index contributed by atoms with van der Waals surface area (Å²) in [6.07, 6.45) is 0.755. The third-order valence-corrected chi connectivity index (χ3v) is 3.64. The second-order valence-electron chi connectivity index (χ2n) is 4.72. The van der Waals surface area contributed by atoms with Gasteiger partial charge in [0.15, 0.2) is 0 Å². The molecule has 1 aromatic heterocycles. The lowest BCUT2D eigenvalue weighted by Gasteiger charge is -2.25. The summed E-state index contributed by atoms with van der Waals surface area (Å²) in [6.45, 7) is 1.11. The van der Waals surface area contributed by atoms with Crippen LogP contribution in [0.4, 0.5) is 4.39 Å². The van der Waals surface area contributed by atoms with Gasteiger partial charge in [0.25, 0.3) is 0 Å². The van der Waals surface area contributed by atoms with E-state index in [0.29, 0.717) is 30.5 Å². The second kappa shape index (κ2) is 5.47. The molecule has 1 aromatic carbocycles. The van der Waals surface area contributed by atoms with Crippen LogP contribution in [0, 0.1) is 5.82 Å². The maximum atomic E-state index is 13.1. The Bertz CT molecular complexity index is 619. The Morgan fingerprint density at radius 3 is 3.00 bits per heavy atom. The van der Waals surface area contributed by atoms with Crippen molar-refractivity contribution in [3.8, 4) is 11.4 Å². The minimum atomic E-state index is -0.484. The molecule has 5 nitrogen and oxygen atoms in total. The lowest BCUT2D eigenvalue weighted by atomic mass is 9.97. The molecule has 0 radical (unpaired) electrons. The molecule has 7 heteroatoms. The number of hydrogen-bond donors (Lipinski definition) is 1. The average Bonchev–Trinajstić information content (AvgIpc) is 2.92. The molecule has 0 aliphatic carbocycles. The van der Waals surface area contributed by atoms with Gasteiger partial charge in [0.05, 0.1) is 17.5 Å². The molecule has 2 N–H and O–H groups in total. The van der Waals surface area contributed by atoms with Gasteiger partial charge < -0.3 is 15.0 Å². The largest absolute Gasteiger partial charge is 0.381 e. The van der Waals surface area contributed by atoms with Gasteiger partial charge in [-0.1, -0.05) is 16.8 Å². The Hall–Kier alpha value is -1.50. The van der Waals surface area contributed by atoms with Gasteiger partial charge in [0.2, 0.25) is 11.7 Å². The molecule has 0 bridgehead atoms. The predicted molar refractivity (Wildman–Crippen MR) is 70.9 cm³/mol. The van der Waals surface area contributed by atoms with Gasteiger partial charge in [0.1, 0.15) is 5.82 Å². The Kier molecular flexibility index (Phi) is 3.69. The van der Waals surface area contributed by atoms with E-state index in [1.54, 1.807) is 6.07 Å². The highest BCUT2D eigenvalue weighted by Crippen LogP contribution is 2.27. The lowest BCUT2D eigenvalue weighted by Crippen LogP contribution is -2.37. The van der Waals surface area contributed by atoms with Crippen LogP contribution in [0.1, 0.15) is 18.2 Å². The maximum Gasteiger partial charge on any atom is 0.233 e. The molecule has 1 aliphatic heterocycles. The molecule has 1 saturated heterocycles. The molecule has 0 spiro atoms. The number of nitrogens with zero attached hydrogens (tertiary/aromatic N) is 2. The first-order valence-electron chi connectivity index (χ1n) is 6.27. The SMILES string of the molecule is NC1CCOCC1c1nc(-c2ccc(F)c(Cl)c2)no1. The van der Waals surface area contributed by atoms with E-state index in [0.717, 1.165) is 6.42 Å². The first-order valence-corrected chi connectivity index (χ1v) is 6.65. The molecule has 106 valence electrons. The fraction of sp³-hybridized carbons (Fsp3) is 0.385. The zero-order valence-corrected chi connectivity index (χ0v) is 11.3. The number of halogens is 2. The number of ether oxygens (including phenoxy) is 1. The third-order valence-electron chi connectivity index (χ3n) is 3.35. The molecule has 2 unspecified atom stereocenters. The zero-order chi connectivity index (χ0) is 14.1. The molecular formula is C13H13ClFN3O2. The third kappa shape index (κ3) is 2.54.